The third kappa shape index (κ3) is 5.35. The number of anilines is 2. The number of carbonyl (C=O) groups excluding carboxylic acids is 1. The third-order valence-electron chi connectivity index (χ3n) is 6.65. The molecule has 0 spiro atoms. The molecule has 36 heavy (non-hydrogen) atoms. The van der Waals surface area contributed by atoms with Crippen molar-refractivity contribution in [3.63, 3.8) is 0 Å². The molecule has 1 saturated heterocycles. The minimum atomic E-state index is -4.48. The maximum atomic E-state index is 12.9. The average Bonchev–Trinajstić information content (AvgIpc) is 3.19. The Bertz CT molecular complexity index is 1240. The van der Waals surface area contributed by atoms with Gasteiger partial charge in [-0.25, -0.2) is 14.6 Å². The van der Waals surface area contributed by atoms with Crippen molar-refractivity contribution in [1.29, 1.82) is 0 Å². The Morgan fingerprint density at radius 3 is 2.33 bits per heavy atom. The molecule has 4 heterocycles. The number of aliphatic hydroxyl groups is 1. The van der Waals surface area contributed by atoms with E-state index in [2.05, 4.69) is 25.3 Å². The van der Waals surface area contributed by atoms with Crippen LogP contribution in [-0.4, -0.2) is 49.5 Å². The van der Waals surface area contributed by atoms with Crippen LogP contribution < -0.4 is 10.2 Å². The van der Waals surface area contributed by atoms with Crippen molar-refractivity contribution in [3.05, 3.63) is 59.2 Å². The van der Waals surface area contributed by atoms with Gasteiger partial charge in [0.25, 0.3) is 5.91 Å². The number of nitrogens with one attached hydrogen (secondary N) is 1. The van der Waals surface area contributed by atoms with Crippen LogP contribution in [0.3, 0.4) is 0 Å². The van der Waals surface area contributed by atoms with Crippen LogP contribution in [0.25, 0.3) is 5.82 Å². The smallest absolute Gasteiger partial charge is 0.390 e. The Balaban J connectivity index is 1.44. The highest BCUT2D eigenvalue weighted by Gasteiger charge is 2.32. The molecule has 1 aliphatic rings. The Labute approximate surface area is 207 Å². The maximum absolute atomic E-state index is 12.9. The highest BCUT2D eigenvalue weighted by molar-refractivity contribution is 6.05. The Morgan fingerprint density at radius 1 is 1.08 bits per heavy atom. The summed E-state index contributed by atoms with van der Waals surface area (Å²) >= 11 is 0. The molecule has 0 bridgehead atoms. The van der Waals surface area contributed by atoms with E-state index in [0.29, 0.717) is 11.4 Å². The normalized spacial score (nSPS) is 15.3. The number of carbonyl (C=O) groups is 1. The predicted molar refractivity (Wildman–Crippen MR) is 129 cm³/mol. The molecule has 3 aromatic rings. The minimum absolute atomic E-state index is 0.176. The van der Waals surface area contributed by atoms with Crippen LogP contribution in [0.2, 0.25) is 0 Å². The summed E-state index contributed by atoms with van der Waals surface area (Å²) in [4.78, 5) is 23.5. The first-order chi connectivity index (χ1) is 16.8. The van der Waals surface area contributed by atoms with Crippen LogP contribution >= 0.6 is 0 Å². The number of amides is 1. The number of nitrogens with zero attached hydrogens (tertiary/aromatic N) is 5. The predicted octanol–water partition coefficient (Wildman–Crippen LogP) is 4.54. The van der Waals surface area contributed by atoms with Crippen molar-refractivity contribution in [2.24, 2.45) is 5.92 Å². The standard InChI is InChI=1S/C25H29F3N6O2/c1-15-11-19(13-30-22(15)33-9-7-17(8-10-33)24(3,4)36)32-23(35)20-14-31-34(16(20)2)21-6-5-18(12-29-21)25(26,27)28/h5-6,11-14,17,36H,7-10H2,1-4H3,(H,32,35). The molecular weight excluding hydrogens is 473 g/mol. The summed E-state index contributed by atoms with van der Waals surface area (Å²) in [6.07, 6.45) is 0.953. The Kier molecular flexibility index (Phi) is 6.78. The van der Waals surface area contributed by atoms with Crippen molar-refractivity contribution in [3.8, 4) is 5.82 Å². The number of halogens is 3. The van der Waals surface area contributed by atoms with Crippen LogP contribution in [0.1, 0.15) is 53.9 Å². The van der Waals surface area contributed by atoms with Gasteiger partial charge in [0.05, 0.1) is 40.5 Å². The zero-order chi connectivity index (χ0) is 26.3. The summed E-state index contributed by atoms with van der Waals surface area (Å²) in [5.41, 5.74) is 0.588. The molecule has 4 rings (SSSR count). The summed E-state index contributed by atoms with van der Waals surface area (Å²) in [6, 6.07) is 3.98. The number of aryl methyl sites for hydroxylation is 1. The van der Waals surface area contributed by atoms with Gasteiger partial charge in [0.15, 0.2) is 5.82 Å². The highest BCUT2D eigenvalue weighted by atomic mass is 19.4. The Hall–Kier alpha value is -3.47. The fourth-order valence-corrected chi connectivity index (χ4v) is 4.51. The molecule has 0 atom stereocenters. The van der Waals surface area contributed by atoms with E-state index in [4.69, 9.17) is 0 Å². The largest absolute Gasteiger partial charge is 0.417 e. The number of aromatic nitrogens is 4. The molecule has 192 valence electrons. The number of hydrogen-bond donors (Lipinski definition) is 2. The quantitative estimate of drug-likeness (QED) is 0.532. The van der Waals surface area contributed by atoms with E-state index in [1.807, 2.05) is 26.8 Å². The van der Waals surface area contributed by atoms with E-state index in [1.54, 1.807) is 13.1 Å². The van der Waals surface area contributed by atoms with Crippen molar-refractivity contribution in [1.82, 2.24) is 19.7 Å². The van der Waals surface area contributed by atoms with Gasteiger partial charge in [-0.15, -0.1) is 0 Å². The van der Waals surface area contributed by atoms with Gasteiger partial charge >= 0.3 is 6.18 Å². The lowest BCUT2D eigenvalue weighted by molar-refractivity contribution is -0.137. The lowest BCUT2D eigenvalue weighted by Gasteiger charge is -2.38. The van der Waals surface area contributed by atoms with Gasteiger partial charge in [-0.1, -0.05) is 0 Å². The highest BCUT2D eigenvalue weighted by Crippen LogP contribution is 2.31. The number of rotatable bonds is 5. The second-order valence-corrected chi connectivity index (χ2v) is 9.69. The zero-order valence-electron chi connectivity index (χ0n) is 20.6. The van der Waals surface area contributed by atoms with Gasteiger partial charge in [0.1, 0.15) is 5.82 Å². The number of pyridine rings is 2. The van der Waals surface area contributed by atoms with Crippen LogP contribution in [-0.2, 0) is 6.18 Å². The van der Waals surface area contributed by atoms with Crippen molar-refractivity contribution < 1.29 is 23.1 Å². The van der Waals surface area contributed by atoms with Gasteiger partial charge in [0.2, 0.25) is 0 Å². The summed E-state index contributed by atoms with van der Waals surface area (Å²) in [5.74, 6) is 0.856. The monoisotopic (exact) mass is 502 g/mol. The molecule has 8 nitrogen and oxygen atoms in total. The molecule has 1 amide bonds. The first-order valence-corrected chi connectivity index (χ1v) is 11.7. The number of alkyl halides is 3. The first-order valence-electron chi connectivity index (χ1n) is 11.7. The van der Waals surface area contributed by atoms with Crippen LogP contribution in [0.15, 0.2) is 36.8 Å². The fourth-order valence-electron chi connectivity index (χ4n) is 4.51. The minimum Gasteiger partial charge on any atom is -0.390 e. The fraction of sp³-hybridized carbons (Fsp3) is 0.440. The molecule has 0 radical (unpaired) electrons. The summed E-state index contributed by atoms with van der Waals surface area (Å²) in [5, 5.41) is 17.2. The topological polar surface area (TPSA) is 96.2 Å². The van der Waals surface area contributed by atoms with E-state index in [1.165, 1.54) is 16.9 Å². The molecule has 3 aromatic heterocycles. The lowest BCUT2D eigenvalue weighted by atomic mass is 9.83. The van der Waals surface area contributed by atoms with E-state index in [-0.39, 0.29) is 17.3 Å². The van der Waals surface area contributed by atoms with Crippen molar-refractivity contribution in [2.45, 2.75) is 52.3 Å². The van der Waals surface area contributed by atoms with Crippen LogP contribution in [0.4, 0.5) is 24.7 Å². The number of piperidine rings is 1. The third-order valence-corrected chi connectivity index (χ3v) is 6.65. The summed E-state index contributed by atoms with van der Waals surface area (Å²) < 4.78 is 39.7. The van der Waals surface area contributed by atoms with E-state index >= 15 is 0 Å². The van der Waals surface area contributed by atoms with Crippen LogP contribution in [0.5, 0.6) is 0 Å². The summed E-state index contributed by atoms with van der Waals surface area (Å²) in [6.45, 7) is 8.86. The number of hydrogen-bond acceptors (Lipinski definition) is 6. The van der Waals surface area contributed by atoms with E-state index in [9.17, 15) is 23.1 Å². The van der Waals surface area contributed by atoms with Gasteiger partial charge in [-0.3, -0.25) is 4.79 Å². The second-order valence-electron chi connectivity index (χ2n) is 9.69. The zero-order valence-corrected chi connectivity index (χ0v) is 20.6. The molecule has 0 aliphatic carbocycles. The first kappa shape index (κ1) is 25.6. The SMILES string of the molecule is Cc1cc(NC(=O)c2cnn(-c3ccc(C(F)(F)F)cn3)c2C)cnc1N1CCC(C(C)(C)O)CC1. The molecule has 0 unspecified atom stereocenters. The maximum Gasteiger partial charge on any atom is 0.417 e. The summed E-state index contributed by atoms with van der Waals surface area (Å²) in [7, 11) is 0. The van der Waals surface area contributed by atoms with Crippen LogP contribution in [0, 0.1) is 19.8 Å². The van der Waals surface area contributed by atoms with Crippen molar-refractivity contribution >= 4 is 17.4 Å². The van der Waals surface area contributed by atoms with Crippen molar-refractivity contribution in [2.75, 3.05) is 23.3 Å². The second kappa shape index (κ2) is 9.53. The van der Waals surface area contributed by atoms with E-state index < -0.39 is 23.2 Å². The molecule has 11 heteroatoms. The molecule has 1 fully saturated rings. The van der Waals surface area contributed by atoms with Gasteiger partial charge < -0.3 is 15.3 Å². The lowest BCUT2D eigenvalue weighted by Crippen LogP contribution is -2.42. The average molecular weight is 503 g/mol. The Morgan fingerprint density at radius 2 is 1.78 bits per heavy atom. The van der Waals surface area contributed by atoms with E-state index in [0.717, 1.165) is 49.6 Å². The molecule has 1 aliphatic heterocycles. The van der Waals surface area contributed by atoms with Gasteiger partial charge in [0, 0.05) is 19.3 Å². The van der Waals surface area contributed by atoms with Gasteiger partial charge in [-0.05, 0) is 70.2 Å². The molecule has 0 aromatic carbocycles. The molecule has 0 saturated carbocycles. The molecular formula is C25H29F3N6O2. The van der Waals surface area contributed by atoms with Gasteiger partial charge in [-0.2, -0.15) is 18.3 Å². The molecule has 2 N–H and O–H groups in total.